The summed E-state index contributed by atoms with van der Waals surface area (Å²) in [5.74, 6) is 0.840. The molecule has 1 aliphatic carbocycles. The molecule has 1 fully saturated rings. The number of carbonyl (C=O) groups is 1. The predicted molar refractivity (Wildman–Crippen MR) is 86.7 cm³/mol. The second kappa shape index (κ2) is 5.53. The molecule has 0 aromatic heterocycles. The van der Waals surface area contributed by atoms with Crippen LogP contribution in [0.4, 0.5) is 5.69 Å². The van der Waals surface area contributed by atoms with Crippen molar-refractivity contribution in [2.45, 2.75) is 18.3 Å². The molecule has 0 saturated heterocycles. The molecule has 0 heterocycles. The SMILES string of the molecule is COc1ccc(NC(=O)C2(c3cccc(Br)c3)CC2)cc1. The minimum Gasteiger partial charge on any atom is -0.497 e. The van der Waals surface area contributed by atoms with Crippen LogP contribution in [-0.4, -0.2) is 13.0 Å². The van der Waals surface area contributed by atoms with Gasteiger partial charge >= 0.3 is 0 Å². The quantitative estimate of drug-likeness (QED) is 0.904. The number of anilines is 1. The summed E-state index contributed by atoms with van der Waals surface area (Å²) < 4.78 is 6.12. The molecule has 0 unspecified atom stereocenters. The van der Waals surface area contributed by atoms with Gasteiger partial charge in [-0.2, -0.15) is 0 Å². The second-order valence-corrected chi connectivity index (χ2v) is 6.19. The number of carbonyl (C=O) groups excluding carboxylic acids is 1. The molecule has 3 rings (SSSR count). The Bertz CT molecular complexity index is 663. The lowest BCUT2D eigenvalue weighted by Gasteiger charge is -2.16. The maximum Gasteiger partial charge on any atom is 0.235 e. The Hall–Kier alpha value is -1.81. The highest BCUT2D eigenvalue weighted by molar-refractivity contribution is 9.10. The van der Waals surface area contributed by atoms with E-state index in [2.05, 4.69) is 21.2 Å². The third-order valence-electron chi connectivity index (χ3n) is 3.91. The van der Waals surface area contributed by atoms with Gasteiger partial charge in [0.05, 0.1) is 12.5 Å². The first-order valence-electron chi connectivity index (χ1n) is 6.86. The third-order valence-corrected chi connectivity index (χ3v) is 4.40. The van der Waals surface area contributed by atoms with Gasteiger partial charge in [0.2, 0.25) is 5.91 Å². The Kier molecular flexibility index (Phi) is 3.72. The lowest BCUT2D eigenvalue weighted by atomic mass is 9.95. The zero-order valence-electron chi connectivity index (χ0n) is 11.7. The minimum atomic E-state index is -0.371. The fourth-order valence-corrected chi connectivity index (χ4v) is 2.88. The van der Waals surface area contributed by atoms with Gasteiger partial charge < -0.3 is 10.1 Å². The molecule has 4 heteroatoms. The lowest BCUT2D eigenvalue weighted by molar-refractivity contribution is -0.118. The van der Waals surface area contributed by atoms with Gasteiger partial charge in [-0.15, -0.1) is 0 Å². The minimum absolute atomic E-state index is 0.0609. The summed E-state index contributed by atoms with van der Waals surface area (Å²) in [5.41, 5.74) is 1.49. The zero-order valence-corrected chi connectivity index (χ0v) is 13.3. The molecule has 2 aromatic rings. The molecule has 0 spiro atoms. The van der Waals surface area contributed by atoms with E-state index in [0.717, 1.165) is 34.3 Å². The van der Waals surface area contributed by atoms with Crippen molar-refractivity contribution in [1.29, 1.82) is 0 Å². The first kappa shape index (κ1) is 14.1. The molecule has 1 saturated carbocycles. The van der Waals surface area contributed by atoms with Crippen LogP contribution in [0.25, 0.3) is 0 Å². The highest BCUT2D eigenvalue weighted by atomic mass is 79.9. The van der Waals surface area contributed by atoms with Crippen LogP contribution < -0.4 is 10.1 Å². The van der Waals surface area contributed by atoms with E-state index >= 15 is 0 Å². The smallest absolute Gasteiger partial charge is 0.235 e. The van der Waals surface area contributed by atoms with Gasteiger partial charge in [-0.05, 0) is 54.8 Å². The van der Waals surface area contributed by atoms with E-state index in [4.69, 9.17) is 4.74 Å². The molecule has 108 valence electrons. The van der Waals surface area contributed by atoms with Crippen LogP contribution in [-0.2, 0) is 10.2 Å². The summed E-state index contributed by atoms with van der Waals surface area (Å²) in [6.45, 7) is 0. The van der Waals surface area contributed by atoms with Gasteiger partial charge in [-0.3, -0.25) is 4.79 Å². The lowest BCUT2D eigenvalue weighted by Crippen LogP contribution is -2.27. The number of hydrogen-bond acceptors (Lipinski definition) is 2. The van der Waals surface area contributed by atoms with Crippen molar-refractivity contribution in [2.24, 2.45) is 0 Å². The first-order chi connectivity index (χ1) is 10.1. The number of amides is 1. The summed E-state index contributed by atoms with van der Waals surface area (Å²) in [4.78, 5) is 12.6. The standard InChI is InChI=1S/C17H16BrNO2/c1-21-15-7-5-14(6-8-15)19-16(20)17(9-10-17)12-3-2-4-13(18)11-12/h2-8,11H,9-10H2,1H3,(H,19,20). The van der Waals surface area contributed by atoms with Crippen molar-refractivity contribution in [3.05, 3.63) is 58.6 Å². The largest absolute Gasteiger partial charge is 0.497 e. The van der Waals surface area contributed by atoms with E-state index in [1.54, 1.807) is 7.11 Å². The highest BCUT2D eigenvalue weighted by Crippen LogP contribution is 2.49. The number of nitrogens with one attached hydrogen (secondary N) is 1. The molecule has 3 nitrogen and oxygen atoms in total. The van der Waals surface area contributed by atoms with Crippen molar-refractivity contribution >= 4 is 27.5 Å². The van der Waals surface area contributed by atoms with Crippen molar-refractivity contribution < 1.29 is 9.53 Å². The molecule has 1 N–H and O–H groups in total. The topological polar surface area (TPSA) is 38.3 Å². The van der Waals surface area contributed by atoms with Gasteiger partial charge in [0.25, 0.3) is 0 Å². The average Bonchev–Trinajstić information content (AvgIpc) is 3.30. The summed E-state index contributed by atoms with van der Waals surface area (Å²) >= 11 is 3.47. The molecule has 0 aliphatic heterocycles. The van der Waals surface area contributed by atoms with Crippen LogP contribution in [0.5, 0.6) is 5.75 Å². The zero-order chi connectivity index (χ0) is 14.9. The maximum atomic E-state index is 12.6. The van der Waals surface area contributed by atoms with E-state index in [1.165, 1.54) is 0 Å². The first-order valence-corrected chi connectivity index (χ1v) is 7.65. The summed E-state index contributed by atoms with van der Waals surface area (Å²) in [7, 11) is 1.63. The van der Waals surface area contributed by atoms with Crippen LogP contribution in [0.1, 0.15) is 18.4 Å². The number of hydrogen-bond donors (Lipinski definition) is 1. The Morgan fingerprint density at radius 2 is 1.90 bits per heavy atom. The van der Waals surface area contributed by atoms with Crippen molar-refractivity contribution in [3.63, 3.8) is 0 Å². The Labute approximate surface area is 132 Å². The van der Waals surface area contributed by atoms with E-state index in [1.807, 2.05) is 48.5 Å². The maximum absolute atomic E-state index is 12.6. The molecule has 0 atom stereocenters. The van der Waals surface area contributed by atoms with Gasteiger partial charge in [-0.1, -0.05) is 28.1 Å². The molecular formula is C17H16BrNO2. The fraction of sp³-hybridized carbons (Fsp3) is 0.235. The highest BCUT2D eigenvalue weighted by Gasteiger charge is 2.51. The van der Waals surface area contributed by atoms with Gasteiger partial charge in [0, 0.05) is 10.2 Å². The van der Waals surface area contributed by atoms with Crippen LogP contribution >= 0.6 is 15.9 Å². The molecule has 1 amide bonds. The number of methoxy groups -OCH3 is 1. The molecule has 21 heavy (non-hydrogen) atoms. The van der Waals surface area contributed by atoms with Crippen molar-refractivity contribution in [3.8, 4) is 5.75 Å². The number of benzene rings is 2. The van der Waals surface area contributed by atoms with Gasteiger partial charge in [-0.25, -0.2) is 0 Å². The Morgan fingerprint density at radius 1 is 1.19 bits per heavy atom. The molecule has 1 aliphatic rings. The predicted octanol–water partition coefficient (Wildman–Crippen LogP) is 4.13. The molecule has 2 aromatic carbocycles. The van der Waals surface area contributed by atoms with E-state index in [-0.39, 0.29) is 11.3 Å². The fourth-order valence-electron chi connectivity index (χ4n) is 2.48. The van der Waals surface area contributed by atoms with Crippen LogP contribution in [0.2, 0.25) is 0 Å². The normalized spacial score (nSPS) is 15.3. The number of rotatable bonds is 4. The summed E-state index contributed by atoms with van der Waals surface area (Å²) in [6.07, 6.45) is 1.79. The van der Waals surface area contributed by atoms with Crippen LogP contribution in [0, 0.1) is 0 Å². The van der Waals surface area contributed by atoms with Crippen LogP contribution in [0.3, 0.4) is 0 Å². The van der Waals surface area contributed by atoms with Gasteiger partial charge in [0.1, 0.15) is 5.75 Å². The Morgan fingerprint density at radius 3 is 2.48 bits per heavy atom. The van der Waals surface area contributed by atoms with E-state index < -0.39 is 0 Å². The van der Waals surface area contributed by atoms with E-state index in [9.17, 15) is 4.79 Å². The molecule has 0 bridgehead atoms. The summed E-state index contributed by atoms with van der Waals surface area (Å²) in [6, 6.07) is 15.4. The van der Waals surface area contributed by atoms with E-state index in [0.29, 0.717) is 0 Å². The monoisotopic (exact) mass is 345 g/mol. The summed E-state index contributed by atoms with van der Waals surface area (Å²) in [5, 5.41) is 3.00. The van der Waals surface area contributed by atoms with Crippen molar-refractivity contribution in [2.75, 3.05) is 12.4 Å². The average molecular weight is 346 g/mol. The van der Waals surface area contributed by atoms with Crippen molar-refractivity contribution in [1.82, 2.24) is 0 Å². The third kappa shape index (κ3) is 2.81. The van der Waals surface area contributed by atoms with Gasteiger partial charge in [0.15, 0.2) is 0 Å². The number of ether oxygens (including phenoxy) is 1. The molecule has 0 radical (unpaired) electrons. The number of halogens is 1. The second-order valence-electron chi connectivity index (χ2n) is 5.28. The Balaban J connectivity index is 1.78. The van der Waals surface area contributed by atoms with Crippen LogP contribution in [0.15, 0.2) is 53.0 Å². The molecular weight excluding hydrogens is 330 g/mol.